The van der Waals surface area contributed by atoms with Crippen LogP contribution in [0.15, 0.2) is 36.1 Å². The molecule has 31 heavy (non-hydrogen) atoms. The molecule has 0 amide bonds. The molecule has 10 nitrogen and oxygen atoms in total. The summed E-state index contributed by atoms with van der Waals surface area (Å²) in [5.74, 6) is -1.94. The molecule has 4 rings (SSSR count). The molecule has 2 aromatic carbocycles. The predicted octanol–water partition coefficient (Wildman–Crippen LogP) is -0.280. The maximum Gasteiger partial charge on any atom is 0.231 e. The minimum absolute atomic E-state index is 0.00380. The Morgan fingerprint density at radius 3 is 2.48 bits per heavy atom. The highest BCUT2D eigenvalue weighted by molar-refractivity contribution is 6.14. The monoisotopic (exact) mass is 432 g/mol. The van der Waals surface area contributed by atoms with Crippen LogP contribution in [0, 0.1) is 0 Å². The zero-order valence-corrected chi connectivity index (χ0v) is 16.0. The average molecular weight is 432 g/mol. The van der Waals surface area contributed by atoms with Crippen molar-refractivity contribution in [2.75, 3.05) is 13.2 Å². The summed E-state index contributed by atoms with van der Waals surface area (Å²) in [6, 6.07) is 6.14. The molecule has 0 aromatic heterocycles. The minimum Gasteiger partial charge on any atom is -0.507 e. The number of hydrogen-bond donors (Lipinski definition) is 7. The topological polar surface area (TPSA) is 177 Å². The molecule has 0 radical (unpaired) electrons. The van der Waals surface area contributed by atoms with E-state index < -0.39 is 48.7 Å². The van der Waals surface area contributed by atoms with Gasteiger partial charge in [-0.2, -0.15) is 0 Å². The standard InChI is InChI=1S/C21H20O10/c22-7-17-19(27)20(28)21(29,8-30-17)11-5-10-15(6-13(11)24)31-16(18(10)26)4-9-1-2-12(23)14(25)3-9/h1-6,17,19-20,22-25,27-29H,7-8H2/b16-4-/t17?,19-,20?,21?/m0/s1. The molecule has 2 aliphatic rings. The summed E-state index contributed by atoms with van der Waals surface area (Å²) in [6.07, 6.45) is -3.25. The number of hydrogen-bond acceptors (Lipinski definition) is 10. The minimum atomic E-state index is -2.25. The van der Waals surface area contributed by atoms with E-state index in [9.17, 15) is 40.5 Å². The van der Waals surface area contributed by atoms with E-state index in [1.165, 1.54) is 24.3 Å². The fraction of sp³-hybridized carbons (Fsp3) is 0.286. The molecule has 0 spiro atoms. The van der Waals surface area contributed by atoms with Crippen LogP contribution in [0.4, 0.5) is 0 Å². The highest BCUT2D eigenvalue weighted by Gasteiger charge is 2.51. The van der Waals surface area contributed by atoms with Crippen molar-refractivity contribution in [1.29, 1.82) is 0 Å². The Kier molecular flexibility index (Phi) is 5.12. The average Bonchev–Trinajstić information content (AvgIpc) is 3.03. The molecule has 2 heterocycles. The highest BCUT2D eigenvalue weighted by Crippen LogP contribution is 2.43. The van der Waals surface area contributed by atoms with Gasteiger partial charge in [-0.05, 0) is 29.8 Å². The quantitative estimate of drug-likeness (QED) is 0.252. The molecule has 1 fully saturated rings. The van der Waals surface area contributed by atoms with Crippen LogP contribution >= 0.6 is 0 Å². The lowest BCUT2D eigenvalue weighted by Gasteiger charge is -2.43. The van der Waals surface area contributed by atoms with E-state index >= 15 is 0 Å². The van der Waals surface area contributed by atoms with Crippen LogP contribution in [-0.4, -0.2) is 73.1 Å². The molecule has 1 saturated heterocycles. The number of aliphatic hydroxyl groups excluding tert-OH is 3. The van der Waals surface area contributed by atoms with Gasteiger partial charge in [0.25, 0.3) is 0 Å². The third-order valence-electron chi connectivity index (χ3n) is 5.44. The molecular formula is C21H20O10. The molecule has 0 aliphatic carbocycles. The third-order valence-corrected chi connectivity index (χ3v) is 5.44. The molecule has 0 saturated carbocycles. The fourth-order valence-electron chi connectivity index (χ4n) is 3.65. The number of ketones is 1. The van der Waals surface area contributed by atoms with E-state index in [0.717, 1.165) is 12.1 Å². The van der Waals surface area contributed by atoms with Gasteiger partial charge < -0.3 is 45.2 Å². The number of phenols is 3. The summed E-state index contributed by atoms with van der Waals surface area (Å²) in [7, 11) is 0. The van der Waals surface area contributed by atoms with Crippen molar-refractivity contribution in [3.05, 3.63) is 52.8 Å². The van der Waals surface area contributed by atoms with Crippen molar-refractivity contribution >= 4 is 11.9 Å². The first-order chi connectivity index (χ1) is 14.7. The molecule has 2 aromatic rings. The highest BCUT2D eigenvalue weighted by atomic mass is 16.5. The number of carbonyl (C=O) groups is 1. The number of fused-ring (bicyclic) bond motifs is 1. The van der Waals surface area contributed by atoms with Crippen LogP contribution in [0.3, 0.4) is 0 Å². The number of Topliss-reactive ketones (excluding diaryl/α,β-unsaturated/α-hetero) is 1. The van der Waals surface area contributed by atoms with Gasteiger partial charge in [0.15, 0.2) is 17.3 Å². The number of phenolic OH excluding ortho intramolecular Hbond substituents is 3. The van der Waals surface area contributed by atoms with Gasteiger partial charge >= 0.3 is 0 Å². The largest absolute Gasteiger partial charge is 0.507 e. The predicted molar refractivity (Wildman–Crippen MR) is 104 cm³/mol. The number of benzene rings is 2. The van der Waals surface area contributed by atoms with Gasteiger partial charge in [0.05, 0.1) is 18.8 Å². The first-order valence-corrected chi connectivity index (χ1v) is 9.30. The second-order valence-electron chi connectivity index (χ2n) is 7.45. The van der Waals surface area contributed by atoms with Crippen LogP contribution in [-0.2, 0) is 10.3 Å². The maximum absolute atomic E-state index is 12.8. The first kappa shape index (κ1) is 21.1. The zero-order chi connectivity index (χ0) is 22.5. The Morgan fingerprint density at radius 2 is 1.81 bits per heavy atom. The number of allylic oxidation sites excluding steroid dienone is 1. The van der Waals surface area contributed by atoms with Gasteiger partial charge in [-0.15, -0.1) is 0 Å². The van der Waals surface area contributed by atoms with Crippen molar-refractivity contribution in [2.24, 2.45) is 0 Å². The molecule has 164 valence electrons. The number of aromatic hydroxyl groups is 3. The summed E-state index contributed by atoms with van der Waals surface area (Å²) in [5, 5.41) is 70.1. The van der Waals surface area contributed by atoms with Crippen molar-refractivity contribution < 1.29 is 50.0 Å². The van der Waals surface area contributed by atoms with Gasteiger partial charge in [-0.1, -0.05) is 6.07 Å². The second-order valence-corrected chi connectivity index (χ2v) is 7.45. The Bertz CT molecular complexity index is 1080. The summed E-state index contributed by atoms with van der Waals surface area (Å²) < 4.78 is 10.7. The van der Waals surface area contributed by atoms with E-state index in [-0.39, 0.29) is 34.1 Å². The Morgan fingerprint density at radius 1 is 1.06 bits per heavy atom. The fourth-order valence-corrected chi connectivity index (χ4v) is 3.65. The van der Waals surface area contributed by atoms with E-state index in [1.54, 1.807) is 0 Å². The van der Waals surface area contributed by atoms with E-state index in [1.807, 2.05) is 0 Å². The van der Waals surface area contributed by atoms with Crippen molar-refractivity contribution in [2.45, 2.75) is 23.9 Å². The van der Waals surface area contributed by atoms with E-state index in [4.69, 9.17) is 9.47 Å². The summed E-state index contributed by atoms with van der Waals surface area (Å²) in [4.78, 5) is 12.8. The SMILES string of the molecule is O=C1/C(=C/c2ccc(O)c(O)c2)Oc2cc(O)c(C3(O)COC(CO)[C@H](O)C3O)cc21. The summed E-state index contributed by atoms with van der Waals surface area (Å²) in [5.41, 5.74) is -2.15. The van der Waals surface area contributed by atoms with Crippen molar-refractivity contribution in [1.82, 2.24) is 0 Å². The van der Waals surface area contributed by atoms with E-state index in [0.29, 0.717) is 5.56 Å². The summed E-state index contributed by atoms with van der Waals surface area (Å²) in [6.45, 7) is -1.13. The Labute approximate surface area is 175 Å². The number of carbonyl (C=O) groups excluding carboxylic acids is 1. The smallest absolute Gasteiger partial charge is 0.231 e. The molecule has 2 aliphatic heterocycles. The van der Waals surface area contributed by atoms with Crippen LogP contribution in [0.5, 0.6) is 23.0 Å². The van der Waals surface area contributed by atoms with E-state index in [2.05, 4.69) is 0 Å². The number of ether oxygens (including phenoxy) is 2. The summed E-state index contributed by atoms with van der Waals surface area (Å²) >= 11 is 0. The molecule has 3 unspecified atom stereocenters. The third kappa shape index (κ3) is 3.40. The Balaban J connectivity index is 1.69. The molecule has 10 heteroatoms. The number of rotatable bonds is 3. The normalized spacial score (nSPS) is 29.1. The lowest BCUT2D eigenvalue weighted by Crippen LogP contribution is -2.60. The molecular weight excluding hydrogens is 412 g/mol. The van der Waals surface area contributed by atoms with Gasteiger partial charge in [0, 0.05) is 11.6 Å². The first-order valence-electron chi connectivity index (χ1n) is 9.30. The second kappa shape index (κ2) is 7.52. The molecule has 4 atom stereocenters. The van der Waals surface area contributed by atoms with Gasteiger partial charge in [-0.3, -0.25) is 4.79 Å². The zero-order valence-electron chi connectivity index (χ0n) is 16.0. The van der Waals surface area contributed by atoms with Crippen LogP contribution in [0.1, 0.15) is 21.5 Å². The number of aliphatic hydroxyl groups is 4. The maximum atomic E-state index is 12.8. The van der Waals surface area contributed by atoms with Crippen molar-refractivity contribution in [3.63, 3.8) is 0 Å². The van der Waals surface area contributed by atoms with Crippen LogP contribution in [0.2, 0.25) is 0 Å². The van der Waals surface area contributed by atoms with Crippen LogP contribution < -0.4 is 4.74 Å². The van der Waals surface area contributed by atoms with Gasteiger partial charge in [-0.25, -0.2) is 0 Å². The molecule has 0 bridgehead atoms. The van der Waals surface area contributed by atoms with Crippen LogP contribution in [0.25, 0.3) is 6.08 Å². The van der Waals surface area contributed by atoms with Crippen molar-refractivity contribution in [3.8, 4) is 23.0 Å². The van der Waals surface area contributed by atoms with Gasteiger partial charge in [0.1, 0.15) is 35.4 Å². The lowest BCUT2D eigenvalue weighted by molar-refractivity contribution is -0.245. The molecule has 7 N–H and O–H groups in total. The Hall–Kier alpha value is -3.15. The lowest BCUT2D eigenvalue weighted by atomic mass is 9.81. The van der Waals surface area contributed by atoms with Gasteiger partial charge in [0.2, 0.25) is 5.78 Å².